The van der Waals surface area contributed by atoms with Crippen molar-refractivity contribution < 1.29 is 4.74 Å². The highest BCUT2D eigenvalue weighted by Gasteiger charge is 2.42. The zero-order valence-corrected chi connectivity index (χ0v) is 21.2. The molecule has 0 aliphatic carbocycles. The molecule has 3 heterocycles. The summed E-state index contributed by atoms with van der Waals surface area (Å²) in [5.74, 6) is 0.831. The van der Waals surface area contributed by atoms with Crippen molar-refractivity contribution in [2.24, 2.45) is 0 Å². The van der Waals surface area contributed by atoms with Crippen LogP contribution in [0.15, 0.2) is 85.1 Å². The summed E-state index contributed by atoms with van der Waals surface area (Å²) in [6, 6.07) is 26.8. The summed E-state index contributed by atoms with van der Waals surface area (Å²) in [4.78, 5) is 8.99. The minimum atomic E-state index is -0.108. The first kappa shape index (κ1) is 22.9. The van der Waals surface area contributed by atoms with Gasteiger partial charge >= 0.3 is 0 Å². The molecular formula is C28H29N5OS. The summed E-state index contributed by atoms with van der Waals surface area (Å²) in [6.45, 7) is 2.13. The van der Waals surface area contributed by atoms with E-state index in [1.807, 2.05) is 44.6 Å². The lowest BCUT2D eigenvalue weighted by Gasteiger charge is -2.29. The number of benzene rings is 2. The van der Waals surface area contributed by atoms with Crippen LogP contribution in [0.2, 0.25) is 0 Å². The second-order valence-electron chi connectivity index (χ2n) is 8.84. The molecule has 4 aromatic rings. The molecule has 5 rings (SSSR count). The molecule has 2 unspecified atom stereocenters. The summed E-state index contributed by atoms with van der Waals surface area (Å²) in [5.41, 5.74) is 6.48. The number of hydrogen-bond donors (Lipinski definition) is 1. The Kier molecular flexibility index (Phi) is 6.17. The van der Waals surface area contributed by atoms with E-state index in [1.165, 1.54) is 0 Å². The number of aromatic nitrogens is 2. The number of thiocarbonyl (C=S) groups is 1. The molecule has 2 aromatic carbocycles. The van der Waals surface area contributed by atoms with E-state index in [1.54, 1.807) is 7.11 Å². The van der Waals surface area contributed by atoms with Gasteiger partial charge in [-0.1, -0.05) is 6.07 Å². The molecule has 178 valence electrons. The van der Waals surface area contributed by atoms with Gasteiger partial charge < -0.3 is 24.4 Å². The van der Waals surface area contributed by atoms with Crippen molar-refractivity contribution in [1.29, 1.82) is 0 Å². The number of pyridine rings is 1. The Balaban J connectivity index is 1.65. The van der Waals surface area contributed by atoms with Gasteiger partial charge in [-0.15, -0.1) is 0 Å². The predicted molar refractivity (Wildman–Crippen MR) is 146 cm³/mol. The summed E-state index contributed by atoms with van der Waals surface area (Å²) in [5, 5.41) is 4.25. The lowest BCUT2D eigenvalue weighted by molar-refractivity contribution is 0.414. The number of aryl methyl sites for hydroxylation is 1. The van der Waals surface area contributed by atoms with Crippen molar-refractivity contribution in [3.63, 3.8) is 0 Å². The van der Waals surface area contributed by atoms with Gasteiger partial charge in [0.05, 0.1) is 18.8 Å². The Morgan fingerprint density at radius 3 is 2.26 bits per heavy atom. The van der Waals surface area contributed by atoms with E-state index >= 15 is 0 Å². The molecule has 6 nitrogen and oxygen atoms in total. The van der Waals surface area contributed by atoms with Crippen LogP contribution in [0.3, 0.4) is 0 Å². The number of methoxy groups -OCH3 is 1. The van der Waals surface area contributed by atoms with E-state index in [0.717, 1.165) is 39.9 Å². The third-order valence-electron chi connectivity index (χ3n) is 6.48. The van der Waals surface area contributed by atoms with Crippen LogP contribution < -0.4 is 19.9 Å². The Labute approximate surface area is 211 Å². The fraction of sp³-hybridized carbons (Fsp3) is 0.214. The summed E-state index contributed by atoms with van der Waals surface area (Å²) < 4.78 is 7.67. The molecule has 1 aliphatic heterocycles. The van der Waals surface area contributed by atoms with Gasteiger partial charge in [0.25, 0.3) is 0 Å². The second kappa shape index (κ2) is 9.43. The van der Waals surface area contributed by atoms with Crippen LogP contribution in [-0.2, 0) is 0 Å². The Bertz CT molecular complexity index is 1320. The summed E-state index contributed by atoms with van der Waals surface area (Å²) in [7, 11) is 5.77. The Morgan fingerprint density at radius 2 is 1.63 bits per heavy atom. The normalized spacial score (nSPS) is 17.4. The largest absolute Gasteiger partial charge is 0.497 e. The average Bonchev–Trinajstić information content (AvgIpc) is 3.43. The van der Waals surface area contributed by atoms with Gasteiger partial charge in [0.15, 0.2) is 5.11 Å². The van der Waals surface area contributed by atoms with Gasteiger partial charge in [0.1, 0.15) is 11.8 Å². The van der Waals surface area contributed by atoms with Crippen molar-refractivity contribution in [3.05, 3.63) is 102 Å². The van der Waals surface area contributed by atoms with Gasteiger partial charge in [-0.05, 0) is 91.9 Å². The van der Waals surface area contributed by atoms with Crippen LogP contribution >= 0.6 is 12.2 Å². The van der Waals surface area contributed by atoms with Crippen LogP contribution in [0.1, 0.15) is 29.2 Å². The smallest absolute Gasteiger partial charge is 0.174 e. The van der Waals surface area contributed by atoms with Crippen LogP contribution in [-0.4, -0.2) is 35.9 Å². The summed E-state index contributed by atoms with van der Waals surface area (Å²) >= 11 is 5.91. The molecule has 1 saturated heterocycles. The van der Waals surface area contributed by atoms with Gasteiger partial charge in [-0.3, -0.25) is 4.98 Å². The van der Waals surface area contributed by atoms with E-state index in [0.29, 0.717) is 5.11 Å². The lowest BCUT2D eigenvalue weighted by Crippen LogP contribution is -2.30. The van der Waals surface area contributed by atoms with Crippen molar-refractivity contribution in [1.82, 2.24) is 14.9 Å². The van der Waals surface area contributed by atoms with E-state index < -0.39 is 0 Å². The zero-order chi connectivity index (χ0) is 24.5. The van der Waals surface area contributed by atoms with Gasteiger partial charge in [0, 0.05) is 48.7 Å². The van der Waals surface area contributed by atoms with E-state index in [2.05, 4.69) is 86.2 Å². The first-order valence-corrected chi connectivity index (χ1v) is 12.0. The molecule has 0 amide bonds. The molecule has 0 bridgehead atoms. The number of nitrogens with one attached hydrogen (secondary N) is 1. The minimum Gasteiger partial charge on any atom is -0.497 e. The molecule has 1 aliphatic rings. The first-order valence-electron chi connectivity index (χ1n) is 11.6. The maximum atomic E-state index is 5.91. The third-order valence-corrected chi connectivity index (χ3v) is 6.80. The van der Waals surface area contributed by atoms with Crippen LogP contribution in [0.25, 0.3) is 5.69 Å². The maximum Gasteiger partial charge on any atom is 0.174 e. The fourth-order valence-corrected chi connectivity index (χ4v) is 5.06. The van der Waals surface area contributed by atoms with Crippen LogP contribution in [0.5, 0.6) is 5.75 Å². The maximum absolute atomic E-state index is 5.91. The molecule has 0 spiro atoms. The molecular weight excluding hydrogens is 454 g/mol. The van der Waals surface area contributed by atoms with E-state index in [4.69, 9.17) is 17.0 Å². The molecule has 0 saturated carbocycles. The van der Waals surface area contributed by atoms with Gasteiger partial charge in [-0.25, -0.2) is 0 Å². The third kappa shape index (κ3) is 4.23. The predicted octanol–water partition coefficient (Wildman–Crippen LogP) is 5.43. The first-order chi connectivity index (χ1) is 17.0. The number of anilines is 2. The monoisotopic (exact) mass is 483 g/mol. The van der Waals surface area contributed by atoms with E-state index in [-0.39, 0.29) is 12.1 Å². The van der Waals surface area contributed by atoms with Crippen molar-refractivity contribution in [3.8, 4) is 11.4 Å². The standard InChI is InChI=1S/C28H29N5OS/c1-19-8-17-25(32(19)21-13-15-23(34-4)16-14-21)27-26(24-7-5-6-18-29-24)30-28(35)33(27)22-11-9-20(10-12-22)31(2)3/h5-18,26-27H,1-4H3,(H,30,35). The highest BCUT2D eigenvalue weighted by atomic mass is 32.1. The van der Waals surface area contributed by atoms with Crippen molar-refractivity contribution >= 4 is 28.7 Å². The van der Waals surface area contributed by atoms with E-state index in [9.17, 15) is 0 Å². The molecule has 2 aromatic heterocycles. The highest BCUT2D eigenvalue weighted by molar-refractivity contribution is 7.80. The molecule has 35 heavy (non-hydrogen) atoms. The molecule has 0 radical (unpaired) electrons. The van der Waals surface area contributed by atoms with Crippen LogP contribution in [0, 0.1) is 6.92 Å². The number of rotatable bonds is 6. The highest BCUT2D eigenvalue weighted by Crippen LogP contribution is 2.43. The zero-order valence-electron chi connectivity index (χ0n) is 20.3. The SMILES string of the molecule is COc1ccc(-n2c(C)ccc2C2C(c3ccccn3)NC(=S)N2c2ccc(N(C)C)cc2)cc1. The van der Waals surface area contributed by atoms with Crippen molar-refractivity contribution in [2.45, 2.75) is 19.0 Å². The lowest BCUT2D eigenvalue weighted by atomic mass is 10.0. The molecule has 7 heteroatoms. The number of ether oxygens (including phenoxy) is 1. The van der Waals surface area contributed by atoms with Crippen molar-refractivity contribution in [2.75, 3.05) is 31.0 Å². The molecule has 1 N–H and O–H groups in total. The quantitative estimate of drug-likeness (QED) is 0.369. The van der Waals surface area contributed by atoms with Gasteiger partial charge in [0.2, 0.25) is 0 Å². The Morgan fingerprint density at radius 1 is 0.914 bits per heavy atom. The summed E-state index contributed by atoms with van der Waals surface area (Å²) in [6.07, 6.45) is 1.83. The fourth-order valence-electron chi connectivity index (χ4n) is 4.72. The topological polar surface area (TPSA) is 45.6 Å². The minimum absolute atomic E-state index is 0.0987. The number of nitrogens with zero attached hydrogens (tertiary/aromatic N) is 4. The van der Waals surface area contributed by atoms with Gasteiger partial charge in [-0.2, -0.15) is 0 Å². The average molecular weight is 484 g/mol. The second-order valence-corrected chi connectivity index (χ2v) is 9.23. The number of hydrogen-bond acceptors (Lipinski definition) is 4. The Hall–Kier alpha value is -3.84. The van der Waals surface area contributed by atoms with Crippen LogP contribution in [0.4, 0.5) is 11.4 Å². The molecule has 1 fully saturated rings. The molecule has 2 atom stereocenters.